The Morgan fingerprint density at radius 1 is 1.14 bits per heavy atom. The number of nitrogens with zero attached hydrogens (tertiary/aromatic N) is 1. The van der Waals surface area contributed by atoms with Gasteiger partial charge in [0.05, 0.1) is 10.7 Å². The molecular formula is C12H21NS. The monoisotopic (exact) mass is 211 g/mol. The third-order valence-corrected chi connectivity index (χ3v) is 3.22. The second-order valence-corrected chi connectivity index (χ2v) is 6.99. The normalized spacial score (nSPS) is 13.3. The quantitative estimate of drug-likeness (QED) is 0.683. The molecule has 0 radical (unpaired) electrons. The molecular weight excluding hydrogens is 190 g/mol. The van der Waals surface area contributed by atoms with Gasteiger partial charge in [0, 0.05) is 10.8 Å². The molecule has 1 rings (SSSR count). The average Bonchev–Trinajstić information content (AvgIpc) is 2.29. The lowest BCUT2D eigenvalue weighted by molar-refractivity contribution is 0.406. The highest BCUT2D eigenvalue weighted by molar-refractivity contribution is 7.09. The number of hydrogen-bond acceptors (Lipinski definition) is 2. The summed E-state index contributed by atoms with van der Waals surface area (Å²) in [6, 6.07) is 0. The van der Waals surface area contributed by atoms with Crippen molar-refractivity contribution in [3.63, 3.8) is 0 Å². The van der Waals surface area contributed by atoms with Gasteiger partial charge in [-0.1, -0.05) is 41.5 Å². The van der Waals surface area contributed by atoms with Gasteiger partial charge in [-0.25, -0.2) is 4.98 Å². The number of thiazole rings is 1. The van der Waals surface area contributed by atoms with E-state index in [-0.39, 0.29) is 5.41 Å². The molecule has 1 heterocycles. The number of rotatable bonds is 1. The summed E-state index contributed by atoms with van der Waals surface area (Å²) in [4.78, 5) is 4.69. The highest BCUT2D eigenvalue weighted by Crippen LogP contribution is 2.28. The molecule has 0 unspecified atom stereocenters. The smallest absolute Gasteiger partial charge is 0.0981 e. The molecule has 0 fully saturated rings. The van der Waals surface area contributed by atoms with Crippen LogP contribution in [0.4, 0.5) is 0 Å². The highest BCUT2D eigenvalue weighted by atomic mass is 32.1. The first-order valence-corrected chi connectivity index (χ1v) is 6.01. The Hall–Kier alpha value is -0.370. The molecule has 1 aromatic rings. The van der Waals surface area contributed by atoms with Crippen LogP contribution in [-0.2, 0) is 11.8 Å². The average molecular weight is 211 g/mol. The lowest BCUT2D eigenvalue weighted by Crippen LogP contribution is -2.12. The summed E-state index contributed by atoms with van der Waals surface area (Å²) in [6.07, 6.45) is 1.07. The molecule has 0 amide bonds. The highest BCUT2D eigenvalue weighted by Gasteiger charge is 2.20. The predicted octanol–water partition coefficient (Wildman–Crippen LogP) is 4.03. The van der Waals surface area contributed by atoms with E-state index in [0.717, 1.165) is 6.42 Å². The van der Waals surface area contributed by atoms with E-state index >= 15 is 0 Å². The lowest BCUT2D eigenvalue weighted by atomic mass is 9.91. The molecule has 0 spiro atoms. The summed E-state index contributed by atoms with van der Waals surface area (Å²) < 4.78 is 0. The third kappa shape index (κ3) is 3.41. The fourth-order valence-electron chi connectivity index (χ4n) is 1.28. The van der Waals surface area contributed by atoms with Crippen LogP contribution in [0.15, 0.2) is 5.38 Å². The molecule has 1 aromatic heterocycles. The molecule has 0 aromatic carbocycles. The minimum Gasteiger partial charge on any atom is -0.246 e. The minimum absolute atomic E-state index is 0.195. The zero-order valence-electron chi connectivity index (χ0n) is 10.1. The van der Waals surface area contributed by atoms with Crippen LogP contribution in [0.1, 0.15) is 52.2 Å². The molecule has 0 saturated carbocycles. The van der Waals surface area contributed by atoms with E-state index in [1.807, 2.05) is 0 Å². The van der Waals surface area contributed by atoms with E-state index in [9.17, 15) is 0 Å². The van der Waals surface area contributed by atoms with Crippen LogP contribution in [0.5, 0.6) is 0 Å². The van der Waals surface area contributed by atoms with Gasteiger partial charge in [-0.3, -0.25) is 0 Å². The molecule has 0 aliphatic heterocycles. The second kappa shape index (κ2) is 3.65. The van der Waals surface area contributed by atoms with Gasteiger partial charge in [0.1, 0.15) is 0 Å². The van der Waals surface area contributed by atoms with Crippen molar-refractivity contribution in [2.45, 2.75) is 53.4 Å². The molecule has 80 valence electrons. The van der Waals surface area contributed by atoms with Gasteiger partial charge < -0.3 is 0 Å². The SMILES string of the molecule is CC(C)(C)Cc1csc(C(C)(C)C)n1. The van der Waals surface area contributed by atoms with E-state index in [4.69, 9.17) is 0 Å². The molecule has 2 heteroatoms. The van der Waals surface area contributed by atoms with Crippen molar-refractivity contribution in [1.29, 1.82) is 0 Å². The molecule has 0 atom stereocenters. The topological polar surface area (TPSA) is 12.9 Å². The zero-order valence-corrected chi connectivity index (χ0v) is 11.0. The Labute approximate surface area is 91.6 Å². The Morgan fingerprint density at radius 2 is 1.71 bits per heavy atom. The molecule has 0 N–H and O–H groups in total. The Bertz CT molecular complexity index is 299. The van der Waals surface area contributed by atoms with E-state index in [1.165, 1.54) is 10.7 Å². The summed E-state index contributed by atoms with van der Waals surface area (Å²) in [7, 11) is 0. The van der Waals surface area contributed by atoms with Crippen molar-refractivity contribution in [2.75, 3.05) is 0 Å². The number of hydrogen-bond donors (Lipinski definition) is 0. The summed E-state index contributed by atoms with van der Waals surface area (Å²) in [6.45, 7) is 13.4. The fourth-order valence-corrected chi connectivity index (χ4v) is 2.18. The van der Waals surface area contributed by atoms with Gasteiger partial charge in [0.2, 0.25) is 0 Å². The molecule has 0 bridgehead atoms. The van der Waals surface area contributed by atoms with Crippen molar-refractivity contribution in [3.05, 3.63) is 16.1 Å². The molecule has 0 saturated heterocycles. The summed E-state index contributed by atoms with van der Waals surface area (Å²) in [5.74, 6) is 0. The summed E-state index contributed by atoms with van der Waals surface area (Å²) in [5, 5.41) is 3.45. The van der Waals surface area contributed by atoms with Crippen LogP contribution in [0.25, 0.3) is 0 Å². The maximum Gasteiger partial charge on any atom is 0.0981 e. The Morgan fingerprint density at radius 3 is 2.07 bits per heavy atom. The van der Waals surface area contributed by atoms with E-state index in [1.54, 1.807) is 11.3 Å². The van der Waals surface area contributed by atoms with E-state index in [0.29, 0.717) is 5.41 Å². The first-order chi connectivity index (χ1) is 6.18. The van der Waals surface area contributed by atoms with Crippen molar-refractivity contribution in [1.82, 2.24) is 4.98 Å². The van der Waals surface area contributed by atoms with Crippen molar-refractivity contribution in [3.8, 4) is 0 Å². The van der Waals surface area contributed by atoms with Crippen molar-refractivity contribution in [2.24, 2.45) is 5.41 Å². The van der Waals surface area contributed by atoms with Gasteiger partial charge >= 0.3 is 0 Å². The van der Waals surface area contributed by atoms with Gasteiger partial charge in [-0.2, -0.15) is 0 Å². The predicted molar refractivity (Wildman–Crippen MR) is 64.0 cm³/mol. The maximum absolute atomic E-state index is 4.69. The molecule has 1 nitrogen and oxygen atoms in total. The van der Waals surface area contributed by atoms with Crippen molar-refractivity contribution >= 4 is 11.3 Å². The molecule has 0 aliphatic rings. The van der Waals surface area contributed by atoms with Gasteiger partial charge in [-0.05, 0) is 11.8 Å². The van der Waals surface area contributed by atoms with Crippen molar-refractivity contribution < 1.29 is 0 Å². The third-order valence-electron chi connectivity index (χ3n) is 1.90. The Kier molecular flexibility index (Phi) is 3.05. The van der Waals surface area contributed by atoms with Gasteiger partial charge in [0.25, 0.3) is 0 Å². The lowest BCUT2D eigenvalue weighted by Gasteiger charge is -2.17. The molecule has 14 heavy (non-hydrogen) atoms. The fraction of sp³-hybridized carbons (Fsp3) is 0.750. The Balaban J connectivity index is 2.79. The van der Waals surface area contributed by atoms with Crippen LogP contribution in [0.2, 0.25) is 0 Å². The summed E-state index contributed by atoms with van der Waals surface area (Å²) in [5.41, 5.74) is 1.77. The zero-order chi connectivity index (χ0) is 11.0. The van der Waals surface area contributed by atoms with E-state index in [2.05, 4.69) is 51.9 Å². The van der Waals surface area contributed by atoms with Gasteiger partial charge in [0.15, 0.2) is 0 Å². The van der Waals surface area contributed by atoms with E-state index < -0.39 is 0 Å². The van der Waals surface area contributed by atoms with Gasteiger partial charge in [-0.15, -0.1) is 11.3 Å². The van der Waals surface area contributed by atoms with Crippen LogP contribution in [0, 0.1) is 5.41 Å². The first kappa shape index (κ1) is 11.7. The van der Waals surface area contributed by atoms with Crippen LogP contribution in [0.3, 0.4) is 0 Å². The largest absolute Gasteiger partial charge is 0.246 e. The van der Waals surface area contributed by atoms with Crippen LogP contribution in [-0.4, -0.2) is 4.98 Å². The second-order valence-electron chi connectivity index (χ2n) is 6.13. The summed E-state index contributed by atoms with van der Waals surface area (Å²) >= 11 is 1.79. The standard InChI is InChI=1S/C12H21NS/c1-11(2,3)7-9-8-14-10(13-9)12(4,5)6/h8H,7H2,1-6H3. The number of aromatic nitrogens is 1. The minimum atomic E-state index is 0.195. The first-order valence-electron chi connectivity index (χ1n) is 5.13. The molecule has 0 aliphatic carbocycles. The maximum atomic E-state index is 4.69. The van der Waals surface area contributed by atoms with Crippen LogP contribution >= 0.6 is 11.3 Å². The van der Waals surface area contributed by atoms with Crippen LogP contribution < -0.4 is 0 Å².